The molecule has 0 saturated carbocycles. The molecule has 142 valence electrons. The molecule has 5 nitrogen and oxygen atoms in total. The standard InChI is InChI=1S/C22H21N3O2S/c1-15-6-11-20(28-15)22(27)23-14-21(26)24-17-7-9-18(10-8-17)25-13-12-16-4-2-3-5-19(16)25/h2-11H,12-14H2,1H3,(H,23,27)(H,24,26). The van der Waals surface area contributed by atoms with Crippen molar-refractivity contribution >= 4 is 40.2 Å². The number of nitrogens with zero attached hydrogens (tertiary/aromatic N) is 1. The minimum atomic E-state index is -0.249. The zero-order chi connectivity index (χ0) is 19.5. The molecule has 0 saturated heterocycles. The minimum Gasteiger partial charge on any atom is -0.342 e. The molecule has 0 bridgehead atoms. The second-order valence-electron chi connectivity index (χ2n) is 6.72. The molecule has 3 aromatic rings. The monoisotopic (exact) mass is 391 g/mol. The highest BCUT2D eigenvalue weighted by molar-refractivity contribution is 7.13. The number of para-hydroxylation sites is 1. The van der Waals surface area contributed by atoms with Gasteiger partial charge in [-0.1, -0.05) is 18.2 Å². The highest BCUT2D eigenvalue weighted by atomic mass is 32.1. The summed E-state index contributed by atoms with van der Waals surface area (Å²) in [6.45, 7) is 2.84. The molecule has 28 heavy (non-hydrogen) atoms. The second-order valence-corrected chi connectivity index (χ2v) is 8.01. The van der Waals surface area contributed by atoms with Gasteiger partial charge in [0.05, 0.1) is 11.4 Å². The summed E-state index contributed by atoms with van der Waals surface area (Å²) >= 11 is 1.41. The first-order valence-electron chi connectivity index (χ1n) is 9.20. The molecule has 0 radical (unpaired) electrons. The fourth-order valence-corrected chi connectivity index (χ4v) is 4.12. The van der Waals surface area contributed by atoms with Crippen molar-refractivity contribution in [2.75, 3.05) is 23.3 Å². The van der Waals surface area contributed by atoms with Crippen molar-refractivity contribution < 1.29 is 9.59 Å². The number of amides is 2. The Labute approximate surface area is 168 Å². The van der Waals surface area contributed by atoms with Gasteiger partial charge in [-0.2, -0.15) is 0 Å². The van der Waals surface area contributed by atoms with Crippen molar-refractivity contribution in [2.45, 2.75) is 13.3 Å². The summed E-state index contributed by atoms with van der Waals surface area (Å²) in [5.41, 5.74) is 4.41. The fraction of sp³-hybridized carbons (Fsp3) is 0.182. The number of hydrogen-bond acceptors (Lipinski definition) is 4. The summed E-state index contributed by atoms with van der Waals surface area (Å²) in [4.78, 5) is 28.1. The Hall–Kier alpha value is -3.12. The average Bonchev–Trinajstić information content (AvgIpc) is 3.33. The molecule has 2 aromatic carbocycles. The normalized spacial score (nSPS) is 12.5. The van der Waals surface area contributed by atoms with Gasteiger partial charge in [-0.15, -0.1) is 11.3 Å². The lowest BCUT2D eigenvalue weighted by atomic mass is 10.2. The topological polar surface area (TPSA) is 61.4 Å². The average molecular weight is 391 g/mol. The van der Waals surface area contributed by atoms with E-state index in [1.807, 2.05) is 37.3 Å². The van der Waals surface area contributed by atoms with Crippen LogP contribution in [0.2, 0.25) is 0 Å². The van der Waals surface area contributed by atoms with E-state index in [-0.39, 0.29) is 18.4 Å². The SMILES string of the molecule is Cc1ccc(C(=O)NCC(=O)Nc2ccc(N3CCc4ccccc43)cc2)s1. The van der Waals surface area contributed by atoms with Crippen LogP contribution in [0.15, 0.2) is 60.7 Å². The van der Waals surface area contributed by atoms with E-state index < -0.39 is 0 Å². The molecule has 1 aliphatic rings. The van der Waals surface area contributed by atoms with E-state index in [4.69, 9.17) is 0 Å². The molecule has 4 rings (SSSR count). The van der Waals surface area contributed by atoms with E-state index in [1.165, 1.54) is 22.6 Å². The maximum absolute atomic E-state index is 12.1. The molecule has 0 aliphatic carbocycles. The maximum Gasteiger partial charge on any atom is 0.261 e. The van der Waals surface area contributed by atoms with Crippen LogP contribution in [0, 0.1) is 6.92 Å². The molecular formula is C22H21N3O2S. The van der Waals surface area contributed by atoms with Crippen LogP contribution in [-0.2, 0) is 11.2 Å². The van der Waals surface area contributed by atoms with Gasteiger partial charge in [-0.3, -0.25) is 9.59 Å². The second kappa shape index (κ2) is 7.86. The number of aryl methyl sites for hydroxylation is 1. The summed E-state index contributed by atoms with van der Waals surface area (Å²) in [7, 11) is 0. The van der Waals surface area contributed by atoms with Gasteiger partial charge in [0.1, 0.15) is 0 Å². The van der Waals surface area contributed by atoms with Crippen molar-refractivity contribution in [2.24, 2.45) is 0 Å². The summed E-state index contributed by atoms with van der Waals surface area (Å²) < 4.78 is 0. The van der Waals surface area contributed by atoms with Crippen molar-refractivity contribution in [3.8, 4) is 0 Å². The summed E-state index contributed by atoms with van der Waals surface area (Å²) in [5.74, 6) is -0.475. The van der Waals surface area contributed by atoms with Crippen LogP contribution >= 0.6 is 11.3 Å². The Balaban J connectivity index is 1.33. The third kappa shape index (κ3) is 3.92. The van der Waals surface area contributed by atoms with Gasteiger partial charge in [-0.25, -0.2) is 0 Å². The van der Waals surface area contributed by atoms with Crippen molar-refractivity contribution in [1.29, 1.82) is 0 Å². The lowest BCUT2D eigenvalue weighted by molar-refractivity contribution is -0.115. The summed E-state index contributed by atoms with van der Waals surface area (Å²) in [6, 6.07) is 19.9. The third-order valence-electron chi connectivity index (χ3n) is 4.72. The number of anilines is 3. The number of thiophene rings is 1. The number of hydrogen-bond donors (Lipinski definition) is 2. The molecule has 2 heterocycles. The van der Waals surface area contributed by atoms with Crippen LogP contribution in [0.1, 0.15) is 20.1 Å². The Kier molecular flexibility index (Phi) is 5.12. The molecule has 0 fully saturated rings. The summed E-state index contributed by atoms with van der Waals surface area (Å²) in [5, 5.41) is 5.47. The minimum absolute atomic E-state index is 0.0585. The molecule has 2 amide bonds. The van der Waals surface area contributed by atoms with Crippen molar-refractivity contribution in [3.63, 3.8) is 0 Å². The van der Waals surface area contributed by atoms with Gasteiger partial charge in [-0.05, 0) is 61.4 Å². The first kappa shape index (κ1) is 18.3. The van der Waals surface area contributed by atoms with E-state index in [1.54, 1.807) is 6.07 Å². The molecule has 1 aliphatic heterocycles. The molecular weight excluding hydrogens is 370 g/mol. The van der Waals surface area contributed by atoms with Gasteiger partial charge >= 0.3 is 0 Å². The number of nitrogens with one attached hydrogen (secondary N) is 2. The van der Waals surface area contributed by atoms with Crippen molar-refractivity contribution in [3.05, 3.63) is 76.0 Å². The van der Waals surface area contributed by atoms with E-state index in [0.29, 0.717) is 10.6 Å². The van der Waals surface area contributed by atoms with Gasteiger partial charge in [0.15, 0.2) is 0 Å². The molecule has 0 spiro atoms. The smallest absolute Gasteiger partial charge is 0.261 e. The van der Waals surface area contributed by atoms with Gasteiger partial charge in [0, 0.05) is 28.5 Å². The van der Waals surface area contributed by atoms with E-state index in [0.717, 1.165) is 23.5 Å². The van der Waals surface area contributed by atoms with Crippen LogP contribution in [0.4, 0.5) is 17.1 Å². The number of fused-ring (bicyclic) bond motifs is 1. The van der Waals surface area contributed by atoms with E-state index >= 15 is 0 Å². The Bertz CT molecular complexity index is 1010. The zero-order valence-electron chi connectivity index (χ0n) is 15.6. The van der Waals surface area contributed by atoms with Crippen LogP contribution in [-0.4, -0.2) is 24.9 Å². The Morgan fingerprint density at radius 3 is 2.57 bits per heavy atom. The molecule has 6 heteroatoms. The highest BCUT2D eigenvalue weighted by Gasteiger charge is 2.19. The Morgan fingerprint density at radius 2 is 1.82 bits per heavy atom. The molecule has 1 aromatic heterocycles. The predicted molar refractivity (Wildman–Crippen MR) is 114 cm³/mol. The van der Waals surface area contributed by atoms with Crippen LogP contribution in [0.25, 0.3) is 0 Å². The predicted octanol–water partition coefficient (Wildman–Crippen LogP) is 4.12. The van der Waals surface area contributed by atoms with Gasteiger partial charge in [0.25, 0.3) is 5.91 Å². The van der Waals surface area contributed by atoms with E-state index in [2.05, 4.69) is 39.8 Å². The number of carbonyl (C=O) groups excluding carboxylic acids is 2. The quantitative estimate of drug-likeness (QED) is 0.688. The first-order valence-corrected chi connectivity index (χ1v) is 10.0. The first-order chi connectivity index (χ1) is 13.6. The number of benzene rings is 2. The Morgan fingerprint density at radius 1 is 1.04 bits per heavy atom. The third-order valence-corrected chi connectivity index (χ3v) is 5.72. The lowest BCUT2D eigenvalue weighted by Crippen LogP contribution is -2.32. The van der Waals surface area contributed by atoms with Gasteiger partial charge in [0.2, 0.25) is 5.91 Å². The zero-order valence-corrected chi connectivity index (χ0v) is 16.4. The lowest BCUT2D eigenvalue weighted by Gasteiger charge is -2.20. The van der Waals surface area contributed by atoms with Crippen LogP contribution in [0.5, 0.6) is 0 Å². The van der Waals surface area contributed by atoms with Crippen LogP contribution in [0.3, 0.4) is 0 Å². The van der Waals surface area contributed by atoms with Crippen molar-refractivity contribution in [1.82, 2.24) is 5.32 Å². The fourth-order valence-electron chi connectivity index (χ4n) is 3.34. The largest absolute Gasteiger partial charge is 0.342 e. The maximum atomic E-state index is 12.1. The molecule has 2 N–H and O–H groups in total. The highest BCUT2D eigenvalue weighted by Crippen LogP contribution is 2.34. The molecule has 0 atom stereocenters. The van der Waals surface area contributed by atoms with Gasteiger partial charge < -0.3 is 15.5 Å². The number of rotatable bonds is 5. The van der Waals surface area contributed by atoms with Crippen LogP contribution < -0.4 is 15.5 Å². The van der Waals surface area contributed by atoms with E-state index in [9.17, 15) is 9.59 Å². The molecule has 0 unspecified atom stereocenters. The number of carbonyl (C=O) groups is 2. The summed E-state index contributed by atoms with van der Waals surface area (Å²) in [6.07, 6.45) is 1.04.